The van der Waals surface area contributed by atoms with Crippen LogP contribution in [0.2, 0.25) is 5.02 Å². The molecule has 0 aliphatic rings. The van der Waals surface area contributed by atoms with Crippen LogP contribution in [0, 0.1) is 0 Å². The Labute approximate surface area is 112 Å². The van der Waals surface area contributed by atoms with Crippen molar-refractivity contribution in [3.8, 4) is 0 Å². The molecular weight excluding hydrogens is 252 g/mol. The number of benzene rings is 1. The van der Waals surface area contributed by atoms with Crippen LogP contribution in [0.1, 0.15) is 19.4 Å². The molecule has 0 aliphatic carbocycles. The van der Waals surface area contributed by atoms with Gasteiger partial charge < -0.3 is 10.2 Å². The third-order valence-electron chi connectivity index (χ3n) is 2.63. The van der Waals surface area contributed by atoms with Crippen LogP contribution in [0.15, 0.2) is 18.2 Å². The molecule has 1 rings (SSSR count). The zero-order chi connectivity index (χ0) is 13.7. The average Bonchev–Trinajstić information content (AvgIpc) is 2.28. The number of anilines is 1. The molecule has 98 valence electrons. The summed E-state index contributed by atoms with van der Waals surface area (Å²) < 4.78 is 0. The molecule has 0 atom stereocenters. The largest absolute Gasteiger partial charge is 0.346 e. The highest BCUT2D eigenvalue weighted by Crippen LogP contribution is 2.21. The van der Waals surface area contributed by atoms with Gasteiger partial charge in [-0.15, -0.1) is 0 Å². The number of nitrogens with zero attached hydrogens (tertiary/aromatic N) is 1. The summed E-state index contributed by atoms with van der Waals surface area (Å²) in [7, 11) is 1.74. The molecule has 1 aromatic rings. The lowest BCUT2D eigenvalue weighted by molar-refractivity contribution is -0.127. The van der Waals surface area contributed by atoms with E-state index in [0.29, 0.717) is 18.0 Å². The fraction of sp³-hybridized carbons (Fsp3) is 0.385. The van der Waals surface area contributed by atoms with E-state index in [0.717, 1.165) is 11.3 Å². The smallest absolute Gasteiger partial charge is 0.221 e. The standard InChI is InChI=1S/C13H17ClN2O2/c1-9(17)15-13-5-4-12(14)8-11(13)6-7-16(3)10(2)18/h4-5,8H,6-7H2,1-3H3,(H,15,17). The second-order valence-electron chi connectivity index (χ2n) is 4.17. The van der Waals surface area contributed by atoms with E-state index in [1.54, 1.807) is 30.1 Å². The predicted molar refractivity (Wildman–Crippen MR) is 72.8 cm³/mol. The number of rotatable bonds is 4. The van der Waals surface area contributed by atoms with Gasteiger partial charge in [0.2, 0.25) is 11.8 Å². The van der Waals surface area contributed by atoms with Gasteiger partial charge in [0, 0.05) is 38.1 Å². The average molecular weight is 269 g/mol. The number of nitrogens with one attached hydrogen (secondary N) is 1. The van der Waals surface area contributed by atoms with Crippen molar-refractivity contribution in [2.75, 3.05) is 18.9 Å². The molecule has 2 amide bonds. The Morgan fingerprint density at radius 2 is 2.00 bits per heavy atom. The fourth-order valence-electron chi connectivity index (χ4n) is 1.53. The maximum Gasteiger partial charge on any atom is 0.221 e. The highest BCUT2D eigenvalue weighted by Gasteiger charge is 2.08. The molecule has 0 saturated heterocycles. The van der Waals surface area contributed by atoms with Gasteiger partial charge in [0.05, 0.1) is 0 Å². The molecule has 0 unspecified atom stereocenters. The van der Waals surface area contributed by atoms with E-state index < -0.39 is 0 Å². The minimum Gasteiger partial charge on any atom is -0.346 e. The molecule has 0 saturated carbocycles. The Bertz CT molecular complexity index is 460. The van der Waals surface area contributed by atoms with Gasteiger partial charge in [-0.2, -0.15) is 0 Å². The van der Waals surface area contributed by atoms with Crippen molar-refractivity contribution in [2.24, 2.45) is 0 Å². The maximum absolute atomic E-state index is 11.1. The molecule has 1 aromatic carbocycles. The van der Waals surface area contributed by atoms with Crippen molar-refractivity contribution in [3.63, 3.8) is 0 Å². The fourth-order valence-corrected chi connectivity index (χ4v) is 1.72. The maximum atomic E-state index is 11.1. The van der Waals surface area contributed by atoms with Gasteiger partial charge >= 0.3 is 0 Å². The molecule has 18 heavy (non-hydrogen) atoms. The first-order chi connectivity index (χ1) is 8.40. The van der Waals surface area contributed by atoms with Gasteiger partial charge in [0.25, 0.3) is 0 Å². The van der Waals surface area contributed by atoms with Gasteiger partial charge in [-0.3, -0.25) is 9.59 Å². The van der Waals surface area contributed by atoms with E-state index >= 15 is 0 Å². The first-order valence-electron chi connectivity index (χ1n) is 5.68. The molecule has 1 N–H and O–H groups in total. The highest BCUT2D eigenvalue weighted by atomic mass is 35.5. The van der Waals surface area contributed by atoms with Gasteiger partial charge in [-0.1, -0.05) is 11.6 Å². The van der Waals surface area contributed by atoms with E-state index in [-0.39, 0.29) is 11.8 Å². The SMILES string of the molecule is CC(=O)Nc1ccc(Cl)cc1CCN(C)C(C)=O. The predicted octanol–water partition coefficient (Wildman–Crippen LogP) is 2.32. The summed E-state index contributed by atoms with van der Waals surface area (Å²) in [5, 5.41) is 3.37. The molecular formula is C13H17ClN2O2. The van der Waals surface area contributed by atoms with Crippen molar-refractivity contribution in [1.82, 2.24) is 4.90 Å². The molecule has 5 heteroatoms. The van der Waals surface area contributed by atoms with Crippen LogP contribution >= 0.6 is 11.6 Å². The lowest BCUT2D eigenvalue weighted by Gasteiger charge is -2.16. The van der Waals surface area contributed by atoms with Gasteiger partial charge in [0.1, 0.15) is 0 Å². The van der Waals surface area contributed by atoms with Crippen molar-refractivity contribution < 1.29 is 9.59 Å². The molecule has 4 nitrogen and oxygen atoms in total. The summed E-state index contributed by atoms with van der Waals surface area (Å²) in [5.74, 6) is -0.114. The molecule has 0 fully saturated rings. The normalized spacial score (nSPS) is 10.0. The zero-order valence-corrected chi connectivity index (χ0v) is 11.5. The van der Waals surface area contributed by atoms with Crippen LogP contribution in [-0.2, 0) is 16.0 Å². The van der Waals surface area contributed by atoms with Crippen molar-refractivity contribution >= 4 is 29.1 Å². The van der Waals surface area contributed by atoms with Gasteiger partial charge in [-0.05, 0) is 30.2 Å². The molecule has 0 radical (unpaired) electrons. The number of amides is 2. The van der Waals surface area contributed by atoms with Crippen LogP contribution < -0.4 is 5.32 Å². The first kappa shape index (κ1) is 14.5. The number of carbonyl (C=O) groups excluding carboxylic acids is 2. The minimum atomic E-state index is -0.126. The van der Waals surface area contributed by atoms with Crippen molar-refractivity contribution in [2.45, 2.75) is 20.3 Å². The van der Waals surface area contributed by atoms with Crippen LogP contribution in [-0.4, -0.2) is 30.3 Å². The Kier molecular flexibility index (Phi) is 5.16. The summed E-state index contributed by atoms with van der Waals surface area (Å²) in [6.45, 7) is 3.56. The third-order valence-corrected chi connectivity index (χ3v) is 2.87. The molecule has 0 aromatic heterocycles. The Balaban J connectivity index is 2.82. The number of hydrogen-bond acceptors (Lipinski definition) is 2. The number of halogens is 1. The van der Waals surface area contributed by atoms with E-state index in [4.69, 9.17) is 11.6 Å². The molecule has 0 bridgehead atoms. The van der Waals surface area contributed by atoms with Crippen LogP contribution in [0.25, 0.3) is 0 Å². The molecule has 0 heterocycles. The van der Waals surface area contributed by atoms with E-state index in [9.17, 15) is 9.59 Å². The van der Waals surface area contributed by atoms with E-state index in [1.807, 2.05) is 0 Å². The second-order valence-corrected chi connectivity index (χ2v) is 4.61. The number of carbonyl (C=O) groups is 2. The van der Waals surface area contributed by atoms with Crippen LogP contribution in [0.3, 0.4) is 0 Å². The third kappa shape index (κ3) is 4.37. The summed E-state index contributed by atoms with van der Waals surface area (Å²) in [5.41, 5.74) is 1.66. The van der Waals surface area contributed by atoms with E-state index in [2.05, 4.69) is 5.32 Å². The monoisotopic (exact) mass is 268 g/mol. The number of likely N-dealkylation sites (N-methyl/N-ethyl adjacent to an activating group) is 1. The van der Waals surface area contributed by atoms with E-state index in [1.165, 1.54) is 13.8 Å². The lowest BCUT2D eigenvalue weighted by Crippen LogP contribution is -2.26. The Hall–Kier alpha value is -1.55. The van der Waals surface area contributed by atoms with Gasteiger partial charge in [0.15, 0.2) is 0 Å². The quantitative estimate of drug-likeness (QED) is 0.911. The molecule has 0 aliphatic heterocycles. The topological polar surface area (TPSA) is 49.4 Å². The Morgan fingerprint density at radius 1 is 1.33 bits per heavy atom. The lowest BCUT2D eigenvalue weighted by atomic mass is 10.1. The van der Waals surface area contributed by atoms with Crippen LogP contribution in [0.5, 0.6) is 0 Å². The minimum absolute atomic E-state index is 0.0121. The summed E-state index contributed by atoms with van der Waals surface area (Å²) in [6, 6.07) is 5.30. The zero-order valence-electron chi connectivity index (χ0n) is 10.8. The summed E-state index contributed by atoms with van der Waals surface area (Å²) in [4.78, 5) is 23.8. The number of hydrogen-bond donors (Lipinski definition) is 1. The van der Waals surface area contributed by atoms with Gasteiger partial charge in [-0.25, -0.2) is 0 Å². The summed E-state index contributed by atoms with van der Waals surface area (Å²) >= 11 is 5.94. The summed E-state index contributed by atoms with van der Waals surface area (Å²) in [6.07, 6.45) is 0.645. The van der Waals surface area contributed by atoms with Crippen LogP contribution in [0.4, 0.5) is 5.69 Å². The highest BCUT2D eigenvalue weighted by molar-refractivity contribution is 6.30. The molecule has 0 spiro atoms. The first-order valence-corrected chi connectivity index (χ1v) is 6.05. The van der Waals surface area contributed by atoms with Crippen molar-refractivity contribution in [1.29, 1.82) is 0 Å². The second kappa shape index (κ2) is 6.40. The Morgan fingerprint density at radius 3 is 2.56 bits per heavy atom. The van der Waals surface area contributed by atoms with Crippen molar-refractivity contribution in [3.05, 3.63) is 28.8 Å².